The molecular weight excluding hydrogens is 336 g/mol. The quantitative estimate of drug-likeness (QED) is 0.344. The van der Waals surface area contributed by atoms with Crippen LogP contribution in [0.25, 0.3) is 0 Å². The average Bonchev–Trinajstić information content (AvgIpc) is 2.70. The summed E-state index contributed by atoms with van der Waals surface area (Å²) in [4.78, 5) is 12.6. The minimum atomic E-state index is 0.575. The highest BCUT2D eigenvalue weighted by molar-refractivity contribution is 5.80. The number of piperidine rings is 1. The summed E-state index contributed by atoms with van der Waals surface area (Å²) in [5.41, 5.74) is 0. The fourth-order valence-corrected chi connectivity index (χ4v) is 4.10. The van der Waals surface area contributed by atoms with Crippen LogP contribution in [0.5, 0.6) is 0 Å². The van der Waals surface area contributed by atoms with Gasteiger partial charge in [0.1, 0.15) is 0 Å². The number of hydrogen-bond acceptors (Lipinski definition) is 4. The van der Waals surface area contributed by atoms with Crippen LogP contribution >= 0.6 is 0 Å². The Bertz CT molecular complexity index is 397. The number of aliphatic imine (C=N–C) groups is 1. The van der Waals surface area contributed by atoms with E-state index in [0.29, 0.717) is 6.04 Å². The maximum Gasteiger partial charge on any atom is 0.191 e. The van der Waals surface area contributed by atoms with Crippen molar-refractivity contribution in [2.75, 3.05) is 72.0 Å². The molecule has 0 unspecified atom stereocenters. The van der Waals surface area contributed by atoms with Crippen molar-refractivity contribution in [2.45, 2.75) is 58.9 Å². The first-order chi connectivity index (χ1) is 13.2. The molecule has 0 bridgehead atoms. The first-order valence-electron chi connectivity index (χ1n) is 11.5. The van der Waals surface area contributed by atoms with Gasteiger partial charge in [0, 0.05) is 58.4 Å². The zero-order valence-electron chi connectivity index (χ0n) is 18.2. The molecule has 6 heteroatoms. The van der Waals surface area contributed by atoms with Gasteiger partial charge in [0.15, 0.2) is 5.96 Å². The van der Waals surface area contributed by atoms with E-state index < -0.39 is 0 Å². The molecule has 0 spiro atoms. The van der Waals surface area contributed by atoms with Gasteiger partial charge in [-0.25, -0.2) is 0 Å². The summed E-state index contributed by atoms with van der Waals surface area (Å²) in [5.74, 6) is 1.02. The van der Waals surface area contributed by atoms with Gasteiger partial charge in [-0.05, 0) is 58.7 Å². The first-order valence-corrected chi connectivity index (χ1v) is 11.5. The number of guanidine groups is 1. The Morgan fingerprint density at radius 3 is 2.15 bits per heavy atom. The highest BCUT2D eigenvalue weighted by atomic mass is 15.3. The molecule has 0 atom stereocenters. The molecule has 2 aliphatic rings. The molecule has 2 saturated heterocycles. The van der Waals surface area contributed by atoms with Crippen LogP contribution in [0.1, 0.15) is 52.9 Å². The predicted molar refractivity (Wildman–Crippen MR) is 117 cm³/mol. The van der Waals surface area contributed by atoms with E-state index in [4.69, 9.17) is 4.99 Å². The molecule has 2 N–H and O–H groups in total. The number of rotatable bonds is 10. The Morgan fingerprint density at radius 1 is 0.852 bits per heavy atom. The van der Waals surface area contributed by atoms with E-state index in [1.165, 1.54) is 91.0 Å². The summed E-state index contributed by atoms with van der Waals surface area (Å²) in [7, 11) is 0. The van der Waals surface area contributed by atoms with Crippen molar-refractivity contribution in [3.8, 4) is 0 Å². The van der Waals surface area contributed by atoms with Crippen LogP contribution in [-0.4, -0.2) is 98.7 Å². The SMILES string of the molecule is CCCN1CCC(NC(=NCCCCN2CCN(CC)CC2)NCC)CC1. The molecule has 0 aromatic rings. The molecule has 0 amide bonds. The van der Waals surface area contributed by atoms with Gasteiger partial charge in [0.2, 0.25) is 0 Å². The number of piperazine rings is 1. The lowest BCUT2D eigenvalue weighted by molar-refractivity contribution is 0.136. The molecule has 2 aliphatic heterocycles. The van der Waals surface area contributed by atoms with Crippen LogP contribution < -0.4 is 10.6 Å². The molecule has 158 valence electrons. The summed E-state index contributed by atoms with van der Waals surface area (Å²) < 4.78 is 0. The van der Waals surface area contributed by atoms with Gasteiger partial charge in [-0.1, -0.05) is 13.8 Å². The standard InChI is InChI=1S/C21H44N6/c1-4-12-26-14-9-20(10-15-26)24-21(22-5-2)23-11-7-8-13-27-18-16-25(6-3)17-19-27/h20H,4-19H2,1-3H3,(H2,22,23,24). The lowest BCUT2D eigenvalue weighted by Gasteiger charge is -2.34. The second-order valence-electron chi connectivity index (χ2n) is 8.00. The van der Waals surface area contributed by atoms with Crippen LogP contribution in [0.3, 0.4) is 0 Å². The summed E-state index contributed by atoms with van der Waals surface area (Å²) in [6, 6.07) is 0.575. The Morgan fingerprint density at radius 2 is 1.52 bits per heavy atom. The third kappa shape index (κ3) is 8.79. The fourth-order valence-electron chi connectivity index (χ4n) is 4.10. The third-order valence-corrected chi connectivity index (χ3v) is 5.88. The number of nitrogens with zero attached hydrogens (tertiary/aromatic N) is 4. The van der Waals surface area contributed by atoms with Crippen molar-refractivity contribution in [3.63, 3.8) is 0 Å². The van der Waals surface area contributed by atoms with Crippen LogP contribution in [-0.2, 0) is 0 Å². The maximum absolute atomic E-state index is 4.82. The molecule has 0 radical (unpaired) electrons. The number of likely N-dealkylation sites (tertiary alicyclic amines) is 1. The van der Waals surface area contributed by atoms with Crippen molar-refractivity contribution < 1.29 is 0 Å². The summed E-state index contributed by atoms with van der Waals surface area (Å²) >= 11 is 0. The first kappa shape index (κ1) is 22.4. The zero-order valence-corrected chi connectivity index (χ0v) is 18.2. The molecule has 0 aromatic heterocycles. The molecule has 6 nitrogen and oxygen atoms in total. The molecule has 2 rings (SSSR count). The number of likely N-dealkylation sites (N-methyl/N-ethyl adjacent to an activating group) is 1. The van der Waals surface area contributed by atoms with Gasteiger partial charge in [0.05, 0.1) is 0 Å². The van der Waals surface area contributed by atoms with Crippen molar-refractivity contribution in [1.29, 1.82) is 0 Å². The third-order valence-electron chi connectivity index (χ3n) is 5.88. The maximum atomic E-state index is 4.82. The lowest BCUT2D eigenvalue weighted by Crippen LogP contribution is -2.48. The normalized spacial score (nSPS) is 21.5. The van der Waals surface area contributed by atoms with Crippen LogP contribution in [0, 0.1) is 0 Å². The number of unbranched alkanes of at least 4 members (excludes halogenated alkanes) is 1. The van der Waals surface area contributed by atoms with E-state index in [2.05, 4.69) is 46.1 Å². The van der Waals surface area contributed by atoms with E-state index in [1.807, 2.05) is 0 Å². The van der Waals surface area contributed by atoms with Gasteiger partial charge in [0.25, 0.3) is 0 Å². The molecule has 0 saturated carbocycles. The zero-order chi connectivity index (χ0) is 19.3. The van der Waals surface area contributed by atoms with Gasteiger partial charge in [-0.3, -0.25) is 4.99 Å². The summed E-state index contributed by atoms with van der Waals surface area (Å²) in [6.45, 7) is 19.6. The monoisotopic (exact) mass is 380 g/mol. The van der Waals surface area contributed by atoms with Gasteiger partial charge < -0.3 is 25.3 Å². The molecule has 2 heterocycles. The number of hydrogen-bond donors (Lipinski definition) is 2. The highest BCUT2D eigenvalue weighted by Crippen LogP contribution is 2.10. The van der Waals surface area contributed by atoms with Gasteiger partial charge in [-0.15, -0.1) is 0 Å². The Kier molecular flexibility index (Phi) is 11.1. The molecule has 0 aliphatic carbocycles. The van der Waals surface area contributed by atoms with E-state index in [0.717, 1.165) is 19.0 Å². The fraction of sp³-hybridized carbons (Fsp3) is 0.952. The second kappa shape index (κ2) is 13.3. The minimum Gasteiger partial charge on any atom is -0.357 e. The average molecular weight is 381 g/mol. The number of nitrogens with one attached hydrogen (secondary N) is 2. The molecule has 2 fully saturated rings. The molecular formula is C21H44N6. The minimum absolute atomic E-state index is 0.575. The lowest BCUT2D eigenvalue weighted by atomic mass is 10.1. The van der Waals surface area contributed by atoms with Crippen molar-refractivity contribution in [2.24, 2.45) is 4.99 Å². The molecule has 0 aromatic carbocycles. The predicted octanol–water partition coefficient (Wildman–Crippen LogP) is 1.83. The van der Waals surface area contributed by atoms with Crippen LogP contribution in [0.15, 0.2) is 4.99 Å². The van der Waals surface area contributed by atoms with Crippen molar-refractivity contribution in [3.05, 3.63) is 0 Å². The van der Waals surface area contributed by atoms with Gasteiger partial charge in [-0.2, -0.15) is 0 Å². The van der Waals surface area contributed by atoms with E-state index >= 15 is 0 Å². The Labute approximate surface area is 167 Å². The van der Waals surface area contributed by atoms with E-state index in [-0.39, 0.29) is 0 Å². The topological polar surface area (TPSA) is 46.1 Å². The van der Waals surface area contributed by atoms with Crippen molar-refractivity contribution in [1.82, 2.24) is 25.3 Å². The van der Waals surface area contributed by atoms with Gasteiger partial charge >= 0.3 is 0 Å². The van der Waals surface area contributed by atoms with Crippen LogP contribution in [0.4, 0.5) is 0 Å². The highest BCUT2D eigenvalue weighted by Gasteiger charge is 2.19. The second-order valence-corrected chi connectivity index (χ2v) is 8.00. The Hall–Kier alpha value is -0.850. The summed E-state index contributed by atoms with van der Waals surface area (Å²) in [6.07, 6.45) is 6.16. The Balaban J connectivity index is 1.60. The van der Waals surface area contributed by atoms with Crippen LogP contribution in [0.2, 0.25) is 0 Å². The molecule has 27 heavy (non-hydrogen) atoms. The van der Waals surface area contributed by atoms with E-state index in [9.17, 15) is 0 Å². The van der Waals surface area contributed by atoms with Crippen molar-refractivity contribution >= 4 is 5.96 Å². The largest absolute Gasteiger partial charge is 0.357 e. The smallest absolute Gasteiger partial charge is 0.191 e. The summed E-state index contributed by atoms with van der Waals surface area (Å²) in [5, 5.41) is 7.09. The van der Waals surface area contributed by atoms with E-state index in [1.54, 1.807) is 0 Å².